The lowest BCUT2D eigenvalue weighted by atomic mass is 9.83. The average molecular weight is 175 g/mol. The molecule has 0 heterocycles. The normalized spacial score (nSPS) is 39.0. The van der Waals surface area contributed by atoms with Crippen molar-refractivity contribution in [2.24, 2.45) is 5.73 Å². The van der Waals surface area contributed by atoms with Crippen LogP contribution in [0.3, 0.4) is 0 Å². The Labute approximate surface area is 72.5 Å². The highest BCUT2D eigenvalue weighted by molar-refractivity contribution is 7.98. The summed E-state index contributed by atoms with van der Waals surface area (Å²) in [6.07, 6.45) is 5.73. The molecule has 0 unspecified atom stereocenters. The molecule has 3 heteroatoms. The zero-order valence-electron chi connectivity index (χ0n) is 7.05. The van der Waals surface area contributed by atoms with Crippen LogP contribution in [-0.4, -0.2) is 28.8 Å². The predicted octanol–water partition coefficient (Wildman–Crippen LogP) is 0.982. The van der Waals surface area contributed by atoms with Crippen LogP contribution < -0.4 is 5.73 Å². The van der Waals surface area contributed by atoms with Crippen molar-refractivity contribution in [1.29, 1.82) is 0 Å². The molecule has 1 rings (SSSR count). The Morgan fingerprint density at radius 3 is 2.55 bits per heavy atom. The lowest BCUT2D eigenvalue weighted by Gasteiger charge is -2.34. The Morgan fingerprint density at radius 2 is 2.09 bits per heavy atom. The van der Waals surface area contributed by atoms with Crippen LogP contribution in [0.1, 0.15) is 25.7 Å². The van der Waals surface area contributed by atoms with E-state index in [4.69, 9.17) is 5.73 Å². The van der Waals surface area contributed by atoms with Crippen LogP contribution in [0.25, 0.3) is 0 Å². The van der Waals surface area contributed by atoms with Crippen molar-refractivity contribution in [2.45, 2.75) is 37.3 Å². The molecule has 1 aliphatic carbocycles. The fourth-order valence-electron chi connectivity index (χ4n) is 1.61. The highest BCUT2D eigenvalue weighted by atomic mass is 32.2. The summed E-state index contributed by atoms with van der Waals surface area (Å²) in [6.45, 7) is 0. The van der Waals surface area contributed by atoms with E-state index in [9.17, 15) is 5.11 Å². The number of aliphatic hydroxyl groups excluding tert-OH is 1. The maximum atomic E-state index is 9.25. The number of hydrogen-bond donors (Lipinski definition) is 2. The van der Waals surface area contributed by atoms with E-state index >= 15 is 0 Å². The van der Waals surface area contributed by atoms with Crippen LogP contribution in [0.2, 0.25) is 0 Å². The number of hydrogen-bond acceptors (Lipinski definition) is 3. The van der Waals surface area contributed by atoms with Gasteiger partial charge in [0.2, 0.25) is 0 Å². The van der Waals surface area contributed by atoms with Crippen molar-refractivity contribution in [3.8, 4) is 0 Å². The summed E-state index contributed by atoms with van der Waals surface area (Å²) in [5.74, 6) is 1.03. The summed E-state index contributed by atoms with van der Waals surface area (Å²) in [7, 11) is 0. The Hall–Kier alpha value is 0.270. The van der Waals surface area contributed by atoms with Gasteiger partial charge in [0.15, 0.2) is 0 Å². The van der Waals surface area contributed by atoms with E-state index in [2.05, 4.69) is 6.26 Å². The SMILES string of the molecule is CSCC1(N)CCC(O)CC1. The molecule has 0 saturated heterocycles. The van der Waals surface area contributed by atoms with Crippen molar-refractivity contribution < 1.29 is 5.11 Å². The van der Waals surface area contributed by atoms with Crippen LogP contribution in [0.4, 0.5) is 0 Å². The third kappa shape index (κ3) is 2.65. The minimum absolute atomic E-state index is 0.0125. The first kappa shape index (κ1) is 9.36. The fraction of sp³-hybridized carbons (Fsp3) is 1.00. The second kappa shape index (κ2) is 3.78. The zero-order chi connectivity index (χ0) is 8.32. The molecule has 1 fully saturated rings. The van der Waals surface area contributed by atoms with Gasteiger partial charge in [0.05, 0.1) is 6.10 Å². The molecule has 0 spiro atoms. The molecule has 0 amide bonds. The molecule has 11 heavy (non-hydrogen) atoms. The van der Waals surface area contributed by atoms with Gasteiger partial charge < -0.3 is 10.8 Å². The van der Waals surface area contributed by atoms with Crippen molar-refractivity contribution in [3.63, 3.8) is 0 Å². The zero-order valence-corrected chi connectivity index (χ0v) is 7.86. The van der Waals surface area contributed by atoms with Crippen molar-refractivity contribution in [1.82, 2.24) is 0 Å². The first-order valence-electron chi connectivity index (χ1n) is 4.12. The van der Waals surface area contributed by atoms with E-state index in [1.165, 1.54) is 0 Å². The molecule has 0 aromatic carbocycles. The molecule has 2 nitrogen and oxygen atoms in total. The summed E-state index contributed by atoms with van der Waals surface area (Å²) in [5.41, 5.74) is 6.11. The van der Waals surface area contributed by atoms with Gasteiger partial charge in [-0.3, -0.25) is 0 Å². The van der Waals surface area contributed by atoms with Crippen LogP contribution in [0.15, 0.2) is 0 Å². The third-order valence-corrected chi connectivity index (χ3v) is 3.25. The van der Waals surface area contributed by atoms with E-state index in [1.54, 1.807) is 11.8 Å². The van der Waals surface area contributed by atoms with E-state index in [1.807, 2.05) is 0 Å². The van der Waals surface area contributed by atoms with Gasteiger partial charge in [-0.2, -0.15) is 11.8 Å². The minimum atomic E-state index is -0.0893. The third-order valence-electron chi connectivity index (χ3n) is 2.38. The molecule has 66 valence electrons. The molecule has 0 aromatic rings. The van der Waals surface area contributed by atoms with Crippen molar-refractivity contribution in [3.05, 3.63) is 0 Å². The Morgan fingerprint density at radius 1 is 1.55 bits per heavy atom. The number of nitrogens with two attached hydrogens (primary N) is 1. The molecular formula is C8H17NOS. The summed E-state index contributed by atoms with van der Waals surface area (Å²) >= 11 is 1.80. The Kier molecular flexibility index (Phi) is 3.22. The molecular weight excluding hydrogens is 158 g/mol. The maximum Gasteiger partial charge on any atom is 0.0541 e. The highest BCUT2D eigenvalue weighted by Crippen LogP contribution is 2.28. The molecule has 3 N–H and O–H groups in total. The summed E-state index contributed by atoms with van der Waals surface area (Å²) in [6, 6.07) is 0. The number of aliphatic hydroxyl groups is 1. The van der Waals surface area contributed by atoms with E-state index in [0.717, 1.165) is 31.4 Å². The maximum absolute atomic E-state index is 9.25. The number of thioether (sulfide) groups is 1. The van der Waals surface area contributed by atoms with E-state index in [0.29, 0.717) is 0 Å². The summed E-state index contributed by atoms with van der Waals surface area (Å²) in [4.78, 5) is 0. The van der Waals surface area contributed by atoms with Crippen LogP contribution in [0, 0.1) is 0 Å². The van der Waals surface area contributed by atoms with Gasteiger partial charge >= 0.3 is 0 Å². The molecule has 0 aromatic heterocycles. The molecule has 1 aliphatic rings. The van der Waals surface area contributed by atoms with Gasteiger partial charge in [-0.25, -0.2) is 0 Å². The predicted molar refractivity (Wildman–Crippen MR) is 49.8 cm³/mol. The molecule has 1 saturated carbocycles. The highest BCUT2D eigenvalue weighted by Gasteiger charge is 2.29. The number of rotatable bonds is 2. The molecule has 0 radical (unpaired) electrons. The van der Waals surface area contributed by atoms with Gasteiger partial charge in [-0.1, -0.05) is 0 Å². The topological polar surface area (TPSA) is 46.2 Å². The van der Waals surface area contributed by atoms with Crippen LogP contribution >= 0.6 is 11.8 Å². The first-order valence-corrected chi connectivity index (χ1v) is 5.51. The van der Waals surface area contributed by atoms with Crippen molar-refractivity contribution >= 4 is 11.8 Å². The fourth-order valence-corrected chi connectivity index (χ4v) is 2.47. The van der Waals surface area contributed by atoms with Crippen LogP contribution in [-0.2, 0) is 0 Å². The smallest absolute Gasteiger partial charge is 0.0541 e. The molecule has 0 atom stereocenters. The lowest BCUT2D eigenvalue weighted by Crippen LogP contribution is -2.46. The second-order valence-corrected chi connectivity index (χ2v) is 4.39. The van der Waals surface area contributed by atoms with Gasteiger partial charge in [0, 0.05) is 11.3 Å². The summed E-state index contributed by atoms with van der Waals surface area (Å²) < 4.78 is 0. The van der Waals surface area contributed by atoms with Gasteiger partial charge in [-0.05, 0) is 31.9 Å². The standard InChI is InChI=1S/C8H17NOS/c1-11-6-8(9)4-2-7(10)3-5-8/h7,10H,2-6,9H2,1H3. The van der Waals surface area contributed by atoms with E-state index < -0.39 is 0 Å². The average Bonchev–Trinajstić information content (AvgIpc) is 1.97. The molecule has 0 bridgehead atoms. The molecule has 0 aliphatic heterocycles. The quantitative estimate of drug-likeness (QED) is 0.657. The minimum Gasteiger partial charge on any atom is -0.393 e. The van der Waals surface area contributed by atoms with Gasteiger partial charge in [0.1, 0.15) is 0 Å². The first-order chi connectivity index (χ1) is 5.16. The van der Waals surface area contributed by atoms with Gasteiger partial charge in [0.25, 0.3) is 0 Å². The summed E-state index contributed by atoms with van der Waals surface area (Å²) in [5, 5.41) is 9.25. The van der Waals surface area contributed by atoms with Gasteiger partial charge in [-0.15, -0.1) is 0 Å². The van der Waals surface area contributed by atoms with Crippen molar-refractivity contribution in [2.75, 3.05) is 12.0 Å². The van der Waals surface area contributed by atoms with Crippen LogP contribution in [0.5, 0.6) is 0 Å². The Bertz CT molecular complexity index is 121. The Balaban J connectivity index is 2.35. The monoisotopic (exact) mass is 175 g/mol. The second-order valence-electron chi connectivity index (χ2n) is 3.53. The largest absolute Gasteiger partial charge is 0.393 e. The van der Waals surface area contributed by atoms with E-state index in [-0.39, 0.29) is 11.6 Å². The lowest BCUT2D eigenvalue weighted by molar-refractivity contribution is 0.104.